The average molecular weight is 867 g/mol. The fourth-order valence-electron chi connectivity index (χ4n) is 9.47. The molecular weight excluding hydrogens is 785 g/mol. The van der Waals surface area contributed by atoms with Gasteiger partial charge in [-0.1, -0.05) is 146 Å². The molecule has 346 valence electrons. The molecule has 8 nitrogen and oxygen atoms in total. The quantitative estimate of drug-likeness (QED) is 0.0402. The van der Waals surface area contributed by atoms with E-state index < -0.39 is 0 Å². The van der Waals surface area contributed by atoms with Gasteiger partial charge in [0.2, 0.25) is 0 Å². The normalized spacial score (nSPS) is 25.6. The molecule has 0 aromatic heterocycles. The molecule has 0 spiro atoms. The van der Waals surface area contributed by atoms with Gasteiger partial charge in [0.05, 0.1) is 32.2 Å². The Morgan fingerprint density at radius 1 is 1.11 bits per heavy atom. The first kappa shape index (κ1) is 50.2. The number of nitrogens with one attached hydrogen (secondary N) is 3. The van der Waals surface area contributed by atoms with Crippen LogP contribution in [0.5, 0.6) is 0 Å². The number of rotatable bonds is 22. The molecule has 1 aliphatic heterocycles. The summed E-state index contributed by atoms with van der Waals surface area (Å²) in [4.78, 5) is 15.1. The molecule has 8 heteroatoms. The lowest BCUT2D eigenvalue weighted by molar-refractivity contribution is 0.188. The van der Waals surface area contributed by atoms with Crippen molar-refractivity contribution < 1.29 is 0 Å². The van der Waals surface area contributed by atoms with Gasteiger partial charge >= 0.3 is 0 Å². The minimum Gasteiger partial charge on any atom is -0.377 e. The Morgan fingerprint density at radius 3 is 2.58 bits per heavy atom. The zero-order chi connectivity index (χ0) is 46.1. The van der Waals surface area contributed by atoms with Crippen molar-refractivity contribution in [3.05, 3.63) is 119 Å². The maximum absolute atomic E-state index is 6.09. The monoisotopic (exact) mass is 867 g/mol. The van der Waals surface area contributed by atoms with Crippen molar-refractivity contribution in [1.82, 2.24) is 25.8 Å². The summed E-state index contributed by atoms with van der Waals surface area (Å²) in [5.41, 5.74) is 15.8. The number of allylic oxidation sites excluding steroid dienone is 8. The largest absolute Gasteiger partial charge is 0.377 e. The van der Waals surface area contributed by atoms with Crippen LogP contribution in [0.1, 0.15) is 117 Å². The number of aliphatic imine (C=N–C) groups is 2. The van der Waals surface area contributed by atoms with Crippen LogP contribution >= 0.6 is 0 Å². The lowest BCUT2D eigenvalue weighted by Crippen LogP contribution is -2.44. The molecule has 0 radical (unpaired) electrons. The van der Waals surface area contributed by atoms with E-state index in [1.165, 1.54) is 59.1 Å². The molecule has 5 rings (SSSR count). The summed E-state index contributed by atoms with van der Waals surface area (Å²) in [6.45, 7) is 31.0. The van der Waals surface area contributed by atoms with Crippen LogP contribution in [0.3, 0.4) is 0 Å². The number of nitrogens with zero attached hydrogens (tertiary/aromatic N) is 4. The lowest BCUT2D eigenvalue weighted by Gasteiger charge is -2.35. The van der Waals surface area contributed by atoms with Crippen LogP contribution in [0.25, 0.3) is 11.6 Å². The first-order chi connectivity index (χ1) is 30.9. The summed E-state index contributed by atoms with van der Waals surface area (Å²) < 4.78 is 0. The fourth-order valence-corrected chi connectivity index (χ4v) is 9.47. The van der Waals surface area contributed by atoms with E-state index in [0.717, 1.165) is 74.9 Å². The number of benzene rings is 1. The number of hydrogen-bond acceptors (Lipinski definition) is 7. The number of fused-ring (bicyclic) bond motifs is 1. The highest BCUT2D eigenvalue weighted by molar-refractivity contribution is 5.85. The first-order valence-corrected chi connectivity index (χ1v) is 24.5. The van der Waals surface area contributed by atoms with E-state index in [0.29, 0.717) is 49.5 Å². The highest BCUT2D eigenvalue weighted by atomic mass is 15.3. The van der Waals surface area contributed by atoms with Crippen LogP contribution in [0.15, 0.2) is 112 Å². The maximum atomic E-state index is 6.09. The van der Waals surface area contributed by atoms with E-state index in [1.807, 2.05) is 7.05 Å². The van der Waals surface area contributed by atoms with E-state index in [4.69, 9.17) is 22.3 Å². The van der Waals surface area contributed by atoms with Crippen molar-refractivity contribution >= 4 is 23.3 Å². The van der Waals surface area contributed by atoms with E-state index in [1.54, 1.807) is 0 Å². The van der Waals surface area contributed by atoms with Gasteiger partial charge in [-0.15, -0.1) is 0 Å². The third-order valence-electron chi connectivity index (χ3n) is 13.7. The molecule has 1 heterocycles. The van der Waals surface area contributed by atoms with Gasteiger partial charge in [-0.25, -0.2) is 0 Å². The predicted octanol–water partition coefficient (Wildman–Crippen LogP) is 10.2. The van der Waals surface area contributed by atoms with Crippen LogP contribution < -0.4 is 21.7 Å². The van der Waals surface area contributed by atoms with Crippen molar-refractivity contribution in [2.45, 2.75) is 118 Å². The zero-order valence-electron chi connectivity index (χ0n) is 40.9. The summed E-state index contributed by atoms with van der Waals surface area (Å²) in [5, 5.41) is 10.9. The van der Waals surface area contributed by atoms with Gasteiger partial charge in [0.15, 0.2) is 0 Å². The molecule has 0 bridgehead atoms. The summed E-state index contributed by atoms with van der Waals surface area (Å²) in [5.74, 6) is 10.1. The highest BCUT2D eigenvalue weighted by Crippen LogP contribution is 2.44. The Morgan fingerprint density at radius 2 is 1.89 bits per heavy atom. The van der Waals surface area contributed by atoms with Crippen molar-refractivity contribution in [1.29, 1.82) is 0 Å². The van der Waals surface area contributed by atoms with Crippen LogP contribution in [0.2, 0.25) is 0 Å². The van der Waals surface area contributed by atoms with Crippen molar-refractivity contribution in [3.63, 3.8) is 0 Å². The van der Waals surface area contributed by atoms with Crippen molar-refractivity contribution in [2.24, 2.45) is 38.9 Å². The highest BCUT2D eigenvalue weighted by Gasteiger charge is 2.48. The molecule has 5 N–H and O–H groups in total. The third-order valence-corrected chi connectivity index (χ3v) is 13.7. The number of amidine groups is 2. The maximum Gasteiger partial charge on any atom is 0.116 e. The second-order valence-electron chi connectivity index (χ2n) is 18.7. The zero-order valence-corrected chi connectivity index (χ0v) is 40.9. The average Bonchev–Trinajstić information content (AvgIpc) is 3.60. The Hall–Kier alpha value is -4.84. The van der Waals surface area contributed by atoms with E-state index in [9.17, 15) is 0 Å². The van der Waals surface area contributed by atoms with Crippen LogP contribution in [0, 0.1) is 35.0 Å². The molecule has 4 atom stereocenters. The molecule has 64 heavy (non-hydrogen) atoms. The minimum atomic E-state index is -0.0647. The Bertz CT molecular complexity index is 2050. The number of nitrogens with two attached hydrogens (primary N) is 1. The van der Waals surface area contributed by atoms with Gasteiger partial charge in [-0.05, 0) is 95.8 Å². The molecule has 3 aliphatic carbocycles. The summed E-state index contributed by atoms with van der Waals surface area (Å²) in [6, 6.07) is 7.20. The summed E-state index contributed by atoms with van der Waals surface area (Å²) in [7, 11) is 1.98. The topological polar surface area (TPSA) is 93.3 Å². The molecule has 0 amide bonds. The van der Waals surface area contributed by atoms with Gasteiger partial charge < -0.3 is 26.6 Å². The lowest BCUT2D eigenvalue weighted by atomic mass is 9.88. The molecule has 0 saturated heterocycles. The second kappa shape index (κ2) is 25.0. The molecule has 4 unspecified atom stereocenters. The number of likely N-dealkylation sites (N-methyl/N-ethyl adjacent to an activating group) is 1. The van der Waals surface area contributed by atoms with E-state index in [-0.39, 0.29) is 12.0 Å². The number of hydrogen-bond donors (Lipinski definition) is 4. The Kier molecular flexibility index (Phi) is 19.6. The first-order valence-electron chi connectivity index (χ1n) is 24.5. The van der Waals surface area contributed by atoms with Gasteiger partial charge in [-0.2, -0.15) is 0 Å². The molecular formula is C56H82N8. The van der Waals surface area contributed by atoms with Crippen molar-refractivity contribution in [2.75, 3.05) is 52.9 Å². The van der Waals surface area contributed by atoms with Crippen LogP contribution in [0.4, 0.5) is 0 Å². The predicted molar refractivity (Wildman–Crippen MR) is 277 cm³/mol. The van der Waals surface area contributed by atoms with E-state index >= 15 is 0 Å². The van der Waals surface area contributed by atoms with Crippen LogP contribution in [-0.4, -0.2) is 86.4 Å². The summed E-state index contributed by atoms with van der Waals surface area (Å²) in [6.07, 6.45) is 29.0. The van der Waals surface area contributed by atoms with Gasteiger partial charge in [0.1, 0.15) is 11.7 Å². The second-order valence-corrected chi connectivity index (χ2v) is 18.7. The molecule has 1 aromatic carbocycles. The molecule has 4 aliphatic rings. The minimum absolute atomic E-state index is 0.0647. The van der Waals surface area contributed by atoms with E-state index in [2.05, 4.69) is 166 Å². The van der Waals surface area contributed by atoms with Crippen LogP contribution in [-0.2, 0) is 6.54 Å². The SMILES string of the molecule is C=C(CC)NC(C(=C)N(C/C(=N/C\C=C/C1=C/C(c2ccc3c(c2)/C=C\C/N=C(/CN(CCN)CC2(C)CCCC2)NC3)=C\CC#CC1C)NC)C1C(C)C1C)C(/C=C\CC)=C/CC. The fraction of sp³-hybridized carbons (Fsp3) is 0.536. The van der Waals surface area contributed by atoms with Gasteiger partial charge in [0.25, 0.3) is 0 Å². The molecule has 2 saturated carbocycles. The molecule has 2 fully saturated rings. The van der Waals surface area contributed by atoms with Crippen molar-refractivity contribution in [3.8, 4) is 11.8 Å². The molecule has 1 aromatic rings. The standard InChI is InChI=1S/C56H82N8/c1-11-14-23-46(21-12-2)54(62-42(5)13-3)45(8)64(55-43(6)44(55)7)39-52(58-10)59-32-19-25-47-35-48(24-16-15-22-41(47)4)50-27-28-51-37-61-53(60-33-20-26-49(51)36-50)38-63(34-31-57)40-56(9)29-17-18-30-56/h14,19-21,23-28,35-36,41,43-44,54-55,62H,5,8,11-13,16-18,29-34,37-40,57H2,1-4,6-7,9-10H3,(H,58,59)(H,60,61)/b23-14-,25-19-,26-20-,46-21+,47-35-,48-24+. The van der Waals surface area contributed by atoms with Gasteiger partial charge in [-0.3, -0.25) is 14.9 Å². The third kappa shape index (κ3) is 14.3. The smallest absolute Gasteiger partial charge is 0.116 e. The Labute approximate surface area is 388 Å². The summed E-state index contributed by atoms with van der Waals surface area (Å²) >= 11 is 0. The Balaban J connectivity index is 1.30. The van der Waals surface area contributed by atoms with Gasteiger partial charge in [0, 0.05) is 63.0 Å².